The smallest absolute Gasteiger partial charge is 0.294 e. The van der Waals surface area contributed by atoms with Crippen molar-refractivity contribution in [2.24, 2.45) is 20.5 Å². The lowest BCUT2D eigenvalue weighted by atomic mass is 10.0. The van der Waals surface area contributed by atoms with Crippen molar-refractivity contribution >= 4 is 163 Å². The molecule has 2 fully saturated rings. The number of ketones is 2. The Kier molecular flexibility index (Phi) is 25.2. The molecule has 7 N–H and O–H groups in total. The highest BCUT2D eigenvalue weighted by atomic mass is 32.2. The summed E-state index contributed by atoms with van der Waals surface area (Å²) in [6.07, 6.45) is 6.77. The lowest BCUT2D eigenvalue weighted by Crippen LogP contribution is -2.32. The molecule has 1 unspecified atom stereocenters. The second-order valence-electron chi connectivity index (χ2n) is 22.5. The van der Waals surface area contributed by atoms with Crippen LogP contribution in [-0.4, -0.2) is 158 Å². The Morgan fingerprint density at radius 3 is 1.57 bits per heavy atom. The van der Waals surface area contributed by atoms with Gasteiger partial charge in [-0.25, -0.2) is 0 Å². The SMILES string of the molecule is CCN(CC)c1cc(Nc2nc(Nc3cc(N(CC)CC)c(OC)cc3N=Nc3nc(N4CCCCC4)c(C(C(C)=O)C(=O)Nc4cccc(S(=O)(=O)O)c4)s3)nc(SCCO)n2)c(N=Nc2nc(N3CCCCC3)c(/C=C(\C(C)=O)C(=O)Nc3cccc(S(=O)(=O)O)c3)s2)cc1OC. The number of aromatic nitrogens is 5. The van der Waals surface area contributed by atoms with Crippen LogP contribution in [0.1, 0.15) is 95.7 Å². The van der Waals surface area contributed by atoms with Gasteiger partial charge in [0.1, 0.15) is 46.2 Å². The Hall–Kier alpha value is -9.10. The minimum atomic E-state index is -4.62. The van der Waals surface area contributed by atoms with Crippen LogP contribution in [0.15, 0.2) is 114 Å². The number of carbonyl (C=O) groups is 4. The highest BCUT2D eigenvalue weighted by Crippen LogP contribution is 2.46. The zero-order chi connectivity index (χ0) is 71.1. The number of aliphatic hydroxyl groups is 1. The number of thiazole rings is 2. The van der Waals surface area contributed by atoms with E-state index in [-0.39, 0.29) is 68.0 Å². The number of azo groups is 2. The number of piperidine rings is 2. The largest absolute Gasteiger partial charge is 0.494 e. The molecule has 99 heavy (non-hydrogen) atoms. The minimum absolute atomic E-state index is 0.0267. The van der Waals surface area contributed by atoms with Gasteiger partial charge in [0.25, 0.3) is 26.1 Å². The summed E-state index contributed by atoms with van der Waals surface area (Å²) in [7, 11) is -6.15. The van der Waals surface area contributed by atoms with Gasteiger partial charge in [-0.2, -0.15) is 41.8 Å². The van der Waals surface area contributed by atoms with Crippen molar-refractivity contribution < 1.29 is 59.7 Å². The normalized spacial score (nSPS) is 14.1. The van der Waals surface area contributed by atoms with E-state index in [0.29, 0.717) is 108 Å². The second kappa shape index (κ2) is 33.6. The number of benzene rings is 4. The molecule has 0 saturated carbocycles. The van der Waals surface area contributed by atoms with Crippen molar-refractivity contribution in [3.8, 4) is 11.5 Å². The molecule has 9 rings (SSSR count). The molecule has 0 bridgehead atoms. The number of hydrogen-bond acceptors (Lipinski definition) is 29. The van der Waals surface area contributed by atoms with E-state index in [0.717, 1.165) is 91.2 Å². The van der Waals surface area contributed by atoms with Crippen LogP contribution in [0.5, 0.6) is 11.5 Å². The molecule has 4 aromatic carbocycles. The first-order valence-corrected chi connectivity index (χ1v) is 37.3. The number of aliphatic hydroxyl groups excluding tert-OH is 1. The lowest BCUT2D eigenvalue weighted by Gasteiger charge is -2.28. The average molecular weight is 1450 g/mol. The number of thioether (sulfide) groups is 1. The van der Waals surface area contributed by atoms with Crippen molar-refractivity contribution in [1.29, 1.82) is 0 Å². The highest BCUT2D eigenvalue weighted by Gasteiger charge is 2.34. The average Bonchev–Trinajstić information content (AvgIpc) is 1.60. The standard InChI is InChI=1S/C64H77N17O13S5/c1-9-78(10-2)49-34-45(47(36-51(49)93-7)74-76-63-69-56(80-25-15-13-16-26-80)53(96-63)33-44(38(5)83)58(85)65-40-21-19-23-42(31-40)98(87,88)89)67-60-71-61(73-62(72-60)95-30-29-82)68-46-35-50(79(11-3)12-4)52(94-8)37-48(46)75-77-64-70-57(81-27-17-14-18-28-81)55(97-64)54(39(6)84)59(86)66-41-22-20-24-43(32-41)99(90,91)92/h19-24,31-37,54,82H,9-18,25-30H2,1-8H3,(H,65,85)(H,66,86)(H,87,88,89)(H,90,91,92)(H2,67,68,71,72,73)/b44-33+,76-74?,77-75?. The van der Waals surface area contributed by atoms with Gasteiger partial charge in [0, 0.05) is 81.6 Å². The molecule has 2 saturated heterocycles. The molecule has 3 aromatic heterocycles. The van der Waals surface area contributed by atoms with E-state index in [4.69, 9.17) is 44.6 Å². The molecule has 2 amide bonds. The van der Waals surface area contributed by atoms with Crippen LogP contribution in [0, 0.1) is 0 Å². The molecule has 30 nitrogen and oxygen atoms in total. The summed E-state index contributed by atoms with van der Waals surface area (Å²) in [5, 5.41) is 41.3. The van der Waals surface area contributed by atoms with Crippen LogP contribution >= 0.6 is 34.4 Å². The number of ether oxygens (including phenoxy) is 2. The molecule has 1 atom stereocenters. The van der Waals surface area contributed by atoms with E-state index < -0.39 is 59.3 Å². The predicted molar refractivity (Wildman–Crippen MR) is 384 cm³/mol. The van der Waals surface area contributed by atoms with Crippen LogP contribution in [-0.2, 0) is 39.4 Å². The molecular weight excluding hydrogens is 1380 g/mol. The topological polar surface area (TPSA) is 391 Å². The van der Waals surface area contributed by atoms with Gasteiger partial charge in [-0.15, -0.1) is 20.5 Å². The highest BCUT2D eigenvalue weighted by molar-refractivity contribution is 7.99. The van der Waals surface area contributed by atoms with Crippen molar-refractivity contribution in [2.75, 3.05) is 120 Å². The van der Waals surface area contributed by atoms with Crippen molar-refractivity contribution in [1.82, 2.24) is 24.9 Å². The van der Waals surface area contributed by atoms with E-state index in [9.17, 15) is 50.2 Å². The fourth-order valence-electron chi connectivity index (χ4n) is 11.0. The summed E-state index contributed by atoms with van der Waals surface area (Å²) < 4.78 is 79.2. The van der Waals surface area contributed by atoms with Gasteiger partial charge < -0.3 is 55.4 Å². The number of amides is 2. The summed E-state index contributed by atoms with van der Waals surface area (Å²) in [5.41, 5.74) is 2.38. The van der Waals surface area contributed by atoms with Gasteiger partial charge in [0.05, 0.1) is 68.7 Å². The fraction of sp³-hybridized carbons (Fsp3) is 0.391. The van der Waals surface area contributed by atoms with Crippen molar-refractivity contribution in [2.45, 2.75) is 101 Å². The third-order valence-electron chi connectivity index (χ3n) is 15.9. The molecule has 0 radical (unpaired) electrons. The molecular formula is C64H77N17O13S5. The van der Waals surface area contributed by atoms with Gasteiger partial charge in [-0.3, -0.25) is 28.3 Å². The van der Waals surface area contributed by atoms with Gasteiger partial charge in [0.15, 0.2) is 10.9 Å². The first kappa shape index (κ1) is 74.1. The summed E-state index contributed by atoms with van der Waals surface area (Å²) >= 11 is 3.24. The minimum Gasteiger partial charge on any atom is -0.494 e. The molecule has 0 spiro atoms. The summed E-state index contributed by atoms with van der Waals surface area (Å²) in [4.78, 5) is 87.2. The van der Waals surface area contributed by atoms with Gasteiger partial charge in [0.2, 0.25) is 28.1 Å². The maximum atomic E-state index is 14.2. The predicted octanol–water partition coefficient (Wildman–Crippen LogP) is 12.3. The Morgan fingerprint density at radius 2 is 1.11 bits per heavy atom. The van der Waals surface area contributed by atoms with E-state index in [2.05, 4.69) is 46.2 Å². The molecule has 7 aromatic rings. The summed E-state index contributed by atoms with van der Waals surface area (Å²) in [6.45, 7) is 15.1. The third kappa shape index (κ3) is 18.8. The molecule has 526 valence electrons. The number of nitrogens with one attached hydrogen (secondary N) is 4. The number of methoxy groups -OCH3 is 2. The van der Waals surface area contributed by atoms with Gasteiger partial charge >= 0.3 is 0 Å². The summed E-state index contributed by atoms with van der Waals surface area (Å²) in [5.74, 6) is -2.08. The van der Waals surface area contributed by atoms with Crippen LogP contribution < -0.4 is 50.3 Å². The number of anilines is 10. The Morgan fingerprint density at radius 1 is 0.636 bits per heavy atom. The Labute approximate surface area is 585 Å². The molecule has 2 aliphatic rings. The van der Waals surface area contributed by atoms with Crippen LogP contribution in [0.3, 0.4) is 0 Å². The monoisotopic (exact) mass is 1450 g/mol. The molecule has 35 heteroatoms. The zero-order valence-corrected chi connectivity index (χ0v) is 59.8. The van der Waals surface area contributed by atoms with Crippen molar-refractivity contribution in [3.05, 3.63) is 88.1 Å². The molecule has 0 aliphatic carbocycles. The Balaban J connectivity index is 1.11. The molecule has 2 aliphatic heterocycles. The quantitative estimate of drug-likeness (QED) is 0.00530. The first-order valence-electron chi connectivity index (χ1n) is 31.8. The van der Waals surface area contributed by atoms with E-state index >= 15 is 0 Å². The zero-order valence-electron chi connectivity index (χ0n) is 55.7. The van der Waals surface area contributed by atoms with Crippen LogP contribution in [0.25, 0.3) is 6.08 Å². The number of rotatable bonds is 31. The maximum absolute atomic E-state index is 14.2. The number of Topliss-reactive ketones (excluding diaryl/α,β-unsaturated/α-hetero) is 2. The summed E-state index contributed by atoms with van der Waals surface area (Å²) in [6, 6.07) is 17.1. The van der Waals surface area contributed by atoms with E-state index in [1.165, 1.54) is 64.5 Å². The Bertz CT molecular complexity index is 4430. The van der Waals surface area contributed by atoms with E-state index in [1.807, 2.05) is 44.7 Å². The third-order valence-corrected chi connectivity index (χ3v) is 20.3. The molecule has 5 heterocycles. The number of carbonyl (C=O) groups excluding carboxylic acids is 4. The number of nitrogens with zero attached hydrogens (tertiary/aromatic N) is 13. The van der Waals surface area contributed by atoms with Crippen LogP contribution in [0.2, 0.25) is 0 Å². The van der Waals surface area contributed by atoms with Gasteiger partial charge in [-0.1, -0.05) is 46.6 Å². The van der Waals surface area contributed by atoms with E-state index in [1.54, 1.807) is 12.1 Å². The number of hydrogen-bond donors (Lipinski definition) is 7. The fourth-order valence-corrected chi connectivity index (χ4v) is 14.6. The lowest BCUT2D eigenvalue weighted by molar-refractivity contribution is -0.126. The van der Waals surface area contributed by atoms with Crippen molar-refractivity contribution in [3.63, 3.8) is 0 Å². The maximum Gasteiger partial charge on any atom is 0.294 e. The van der Waals surface area contributed by atoms with Gasteiger partial charge in [-0.05, 0) is 135 Å². The second-order valence-corrected chi connectivity index (χ2v) is 28.4. The van der Waals surface area contributed by atoms with Crippen LogP contribution in [0.4, 0.5) is 79.3 Å². The first-order chi connectivity index (χ1) is 47.4.